The number of halogens is 1. The normalized spacial score (nSPS) is 10.6. The fraction of sp³-hybridized carbons (Fsp3) is 0.316. The van der Waals surface area contributed by atoms with E-state index in [-0.39, 0.29) is 11.7 Å². The van der Waals surface area contributed by atoms with Gasteiger partial charge >= 0.3 is 0 Å². The highest BCUT2D eigenvalue weighted by Gasteiger charge is 2.20. The van der Waals surface area contributed by atoms with Crippen LogP contribution < -0.4 is 11.1 Å². The first-order valence-corrected chi connectivity index (χ1v) is 7.92. The molecule has 0 atom stereocenters. The second kappa shape index (κ2) is 8.45. The highest BCUT2D eigenvalue weighted by atomic mass is 19.1. The lowest BCUT2D eigenvalue weighted by molar-refractivity contribution is 0.0792. The van der Waals surface area contributed by atoms with Crippen LogP contribution in [0, 0.1) is 5.82 Å². The number of aliphatic hydroxyl groups is 1. The maximum Gasteiger partial charge on any atom is 0.251 e. The molecular formula is C19H25FN2O2. The highest BCUT2D eigenvalue weighted by Crippen LogP contribution is 2.26. The van der Waals surface area contributed by atoms with Crippen molar-refractivity contribution >= 4 is 11.6 Å². The molecule has 2 rings (SSSR count). The van der Waals surface area contributed by atoms with E-state index in [4.69, 9.17) is 5.73 Å². The molecule has 0 spiro atoms. The van der Waals surface area contributed by atoms with E-state index in [2.05, 4.69) is 5.32 Å². The van der Waals surface area contributed by atoms with Crippen LogP contribution in [-0.2, 0) is 12.1 Å². The van der Waals surface area contributed by atoms with E-state index < -0.39 is 5.60 Å². The molecule has 24 heavy (non-hydrogen) atoms. The minimum Gasteiger partial charge on any atom is -0.398 e. The van der Waals surface area contributed by atoms with E-state index in [1.165, 1.54) is 18.2 Å². The van der Waals surface area contributed by atoms with Crippen molar-refractivity contribution < 1.29 is 14.3 Å². The summed E-state index contributed by atoms with van der Waals surface area (Å²) in [5, 5.41) is 12.7. The predicted octanol–water partition coefficient (Wildman–Crippen LogP) is 3.59. The molecule has 0 saturated carbocycles. The summed E-state index contributed by atoms with van der Waals surface area (Å²) < 4.78 is 12.8. The first-order valence-electron chi connectivity index (χ1n) is 7.92. The molecule has 0 aliphatic carbocycles. The molecule has 2 aromatic carbocycles. The number of rotatable bonds is 4. The summed E-state index contributed by atoms with van der Waals surface area (Å²) in [6.45, 7) is 7.56. The number of nitrogens with two attached hydrogens (primary N) is 1. The van der Waals surface area contributed by atoms with Gasteiger partial charge in [-0.1, -0.05) is 32.0 Å². The van der Waals surface area contributed by atoms with Crippen molar-refractivity contribution in [1.29, 1.82) is 0 Å². The number of nitrogens with one attached hydrogen (secondary N) is 1. The number of carbonyl (C=O) groups excluding carboxylic acids is 1. The van der Waals surface area contributed by atoms with Gasteiger partial charge in [0.1, 0.15) is 5.82 Å². The molecular weight excluding hydrogens is 307 g/mol. The molecule has 0 unspecified atom stereocenters. The third-order valence-corrected chi connectivity index (χ3v) is 3.34. The summed E-state index contributed by atoms with van der Waals surface area (Å²) in [7, 11) is 0. The van der Waals surface area contributed by atoms with Crippen molar-refractivity contribution in [3.05, 3.63) is 65.0 Å². The van der Waals surface area contributed by atoms with E-state index in [1.54, 1.807) is 38.1 Å². The average molecular weight is 332 g/mol. The van der Waals surface area contributed by atoms with Gasteiger partial charge in [0.25, 0.3) is 5.91 Å². The summed E-state index contributed by atoms with van der Waals surface area (Å²) in [5.41, 5.74) is 6.97. The van der Waals surface area contributed by atoms with Gasteiger partial charge in [-0.2, -0.15) is 0 Å². The largest absolute Gasteiger partial charge is 0.398 e. The summed E-state index contributed by atoms with van der Waals surface area (Å²) in [6, 6.07) is 10.7. The van der Waals surface area contributed by atoms with Crippen molar-refractivity contribution in [3.8, 4) is 0 Å². The van der Waals surface area contributed by atoms with Crippen LogP contribution in [0.5, 0.6) is 0 Å². The predicted molar refractivity (Wildman–Crippen MR) is 95.0 cm³/mol. The lowest BCUT2D eigenvalue weighted by Crippen LogP contribution is -2.24. The van der Waals surface area contributed by atoms with Gasteiger partial charge < -0.3 is 16.2 Å². The molecule has 0 saturated heterocycles. The molecule has 4 N–H and O–H groups in total. The van der Waals surface area contributed by atoms with Crippen molar-refractivity contribution in [2.45, 2.75) is 39.8 Å². The van der Waals surface area contributed by atoms with E-state index >= 15 is 0 Å². The number of nitrogen functional groups attached to an aromatic ring is 1. The van der Waals surface area contributed by atoms with Crippen molar-refractivity contribution in [2.75, 3.05) is 5.73 Å². The fourth-order valence-electron chi connectivity index (χ4n) is 2.15. The first-order chi connectivity index (χ1) is 11.3. The van der Waals surface area contributed by atoms with E-state index in [0.29, 0.717) is 23.4 Å². The van der Waals surface area contributed by atoms with Gasteiger partial charge in [0.15, 0.2) is 0 Å². The second-order valence-corrected chi connectivity index (χ2v) is 5.67. The Hall–Kier alpha value is -2.40. The molecule has 0 heterocycles. The molecule has 0 aliphatic heterocycles. The maximum absolute atomic E-state index is 12.8. The smallest absolute Gasteiger partial charge is 0.251 e. The molecule has 1 amide bonds. The van der Waals surface area contributed by atoms with Crippen molar-refractivity contribution in [3.63, 3.8) is 0 Å². The summed E-state index contributed by atoms with van der Waals surface area (Å²) in [6.07, 6.45) is 0. The van der Waals surface area contributed by atoms with Crippen LogP contribution in [0.25, 0.3) is 0 Å². The Balaban J connectivity index is 0.00000139. The Morgan fingerprint density at radius 1 is 1.17 bits per heavy atom. The third kappa shape index (κ3) is 5.35. The van der Waals surface area contributed by atoms with Gasteiger partial charge in [-0.15, -0.1) is 0 Å². The molecule has 0 radical (unpaired) electrons. The zero-order chi connectivity index (χ0) is 18.3. The Morgan fingerprint density at radius 3 is 2.25 bits per heavy atom. The number of anilines is 1. The van der Waals surface area contributed by atoms with Crippen LogP contribution in [0.2, 0.25) is 0 Å². The molecule has 0 aliphatic rings. The lowest BCUT2D eigenvalue weighted by atomic mass is 9.95. The molecule has 4 nitrogen and oxygen atoms in total. The summed E-state index contributed by atoms with van der Waals surface area (Å²) in [4.78, 5) is 12.1. The Labute approximate surface area is 142 Å². The van der Waals surface area contributed by atoms with E-state index in [1.807, 2.05) is 13.8 Å². The molecule has 130 valence electrons. The van der Waals surface area contributed by atoms with Crippen LogP contribution in [0.4, 0.5) is 10.1 Å². The Kier molecular flexibility index (Phi) is 6.92. The zero-order valence-electron chi connectivity index (χ0n) is 14.6. The number of hydrogen-bond acceptors (Lipinski definition) is 3. The van der Waals surface area contributed by atoms with Gasteiger partial charge in [0.2, 0.25) is 0 Å². The van der Waals surface area contributed by atoms with Crippen LogP contribution >= 0.6 is 0 Å². The molecule has 0 bridgehead atoms. The molecule has 2 aromatic rings. The van der Waals surface area contributed by atoms with Gasteiger partial charge in [0.05, 0.1) is 5.60 Å². The standard InChI is InChI=1S/C17H19FN2O2.C2H6/c1-17(2,22)14-8-5-12(9-15(14)19)16(21)20-10-11-3-6-13(18)7-4-11;1-2/h3-9,22H,10,19H2,1-2H3,(H,20,21);1-2H3. The number of hydrogen-bond donors (Lipinski definition) is 3. The van der Waals surface area contributed by atoms with Crippen molar-refractivity contribution in [2.24, 2.45) is 0 Å². The van der Waals surface area contributed by atoms with Gasteiger partial charge in [-0.3, -0.25) is 4.79 Å². The Morgan fingerprint density at radius 2 is 1.75 bits per heavy atom. The van der Waals surface area contributed by atoms with Crippen LogP contribution in [-0.4, -0.2) is 11.0 Å². The minimum absolute atomic E-state index is 0.279. The second-order valence-electron chi connectivity index (χ2n) is 5.67. The molecule has 5 heteroatoms. The third-order valence-electron chi connectivity index (χ3n) is 3.34. The van der Waals surface area contributed by atoms with Crippen LogP contribution in [0.1, 0.15) is 49.2 Å². The fourth-order valence-corrected chi connectivity index (χ4v) is 2.15. The summed E-state index contributed by atoms with van der Waals surface area (Å²) in [5.74, 6) is -0.594. The first kappa shape index (κ1) is 19.6. The summed E-state index contributed by atoms with van der Waals surface area (Å²) >= 11 is 0. The monoisotopic (exact) mass is 332 g/mol. The topological polar surface area (TPSA) is 75.3 Å². The molecule has 0 aromatic heterocycles. The minimum atomic E-state index is -1.06. The SMILES string of the molecule is CC.CC(C)(O)c1ccc(C(=O)NCc2ccc(F)cc2)cc1N. The van der Waals surface area contributed by atoms with Crippen LogP contribution in [0.15, 0.2) is 42.5 Å². The number of carbonyl (C=O) groups is 1. The average Bonchev–Trinajstić information content (AvgIpc) is 2.54. The quantitative estimate of drug-likeness (QED) is 0.749. The van der Waals surface area contributed by atoms with E-state index in [0.717, 1.165) is 5.56 Å². The van der Waals surface area contributed by atoms with Gasteiger partial charge in [0, 0.05) is 23.4 Å². The number of amides is 1. The van der Waals surface area contributed by atoms with Crippen molar-refractivity contribution in [1.82, 2.24) is 5.32 Å². The lowest BCUT2D eigenvalue weighted by Gasteiger charge is -2.20. The number of benzene rings is 2. The van der Waals surface area contributed by atoms with Crippen LogP contribution in [0.3, 0.4) is 0 Å². The molecule has 0 fully saturated rings. The van der Waals surface area contributed by atoms with Gasteiger partial charge in [-0.25, -0.2) is 4.39 Å². The maximum atomic E-state index is 12.8. The van der Waals surface area contributed by atoms with Gasteiger partial charge in [-0.05, 0) is 43.7 Å². The zero-order valence-corrected chi connectivity index (χ0v) is 14.6. The Bertz CT molecular complexity index is 677. The highest BCUT2D eigenvalue weighted by molar-refractivity contribution is 5.95. The van der Waals surface area contributed by atoms with E-state index in [9.17, 15) is 14.3 Å².